The molecule has 29 heavy (non-hydrogen) atoms. The molecule has 8 nitrogen and oxygen atoms in total. The average molecular weight is 451 g/mol. The molecule has 0 aliphatic carbocycles. The van der Waals surface area contributed by atoms with Crippen molar-refractivity contribution in [1.82, 2.24) is 0 Å². The summed E-state index contributed by atoms with van der Waals surface area (Å²) < 4.78 is 63.5. The molecule has 0 bridgehead atoms. The molecule has 0 N–H and O–H groups in total. The van der Waals surface area contributed by atoms with Gasteiger partial charge in [0.1, 0.15) is 18.1 Å². The van der Waals surface area contributed by atoms with Gasteiger partial charge >= 0.3 is 10.1 Å². The highest BCUT2D eigenvalue weighted by molar-refractivity contribution is 7.87. The van der Waals surface area contributed by atoms with Gasteiger partial charge < -0.3 is 13.7 Å². The molecule has 0 amide bonds. The molecule has 0 saturated carbocycles. The van der Waals surface area contributed by atoms with E-state index in [1.807, 2.05) is 6.92 Å². The Kier molecular flexibility index (Phi) is 10.2. The molecular formula is C19H30O8S2. The lowest BCUT2D eigenvalue weighted by atomic mass is 9.88. The van der Waals surface area contributed by atoms with E-state index in [-0.39, 0.29) is 18.8 Å². The molecular weight excluding hydrogens is 420 g/mol. The van der Waals surface area contributed by atoms with E-state index in [2.05, 4.69) is 0 Å². The molecule has 1 aromatic rings. The van der Waals surface area contributed by atoms with Gasteiger partial charge in [-0.1, -0.05) is 45.4 Å². The molecule has 0 aromatic heterocycles. The molecule has 1 atom stereocenters. The zero-order valence-electron chi connectivity index (χ0n) is 17.1. The summed E-state index contributed by atoms with van der Waals surface area (Å²) in [5, 5.41) is 0. The van der Waals surface area contributed by atoms with Crippen LogP contribution in [0.1, 0.15) is 40.0 Å². The molecule has 0 spiro atoms. The Bertz CT molecular complexity index is 817. The van der Waals surface area contributed by atoms with E-state index in [1.165, 1.54) is 12.1 Å². The second-order valence-corrected chi connectivity index (χ2v) is 10.8. The minimum atomic E-state index is -3.97. The monoisotopic (exact) mass is 450 g/mol. The quantitative estimate of drug-likeness (QED) is 0.228. The third-order valence-corrected chi connectivity index (χ3v) is 6.56. The van der Waals surface area contributed by atoms with Crippen molar-refractivity contribution in [3.8, 4) is 5.75 Å². The van der Waals surface area contributed by atoms with Crippen molar-refractivity contribution in [3.05, 3.63) is 30.3 Å². The van der Waals surface area contributed by atoms with Crippen molar-refractivity contribution in [1.29, 1.82) is 0 Å². The highest BCUT2D eigenvalue weighted by atomic mass is 32.2. The van der Waals surface area contributed by atoms with Crippen LogP contribution in [0.15, 0.2) is 30.3 Å². The van der Waals surface area contributed by atoms with Gasteiger partial charge in [-0.3, -0.25) is 4.18 Å². The molecule has 0 aliphatic heterocycles. The van der Waals surface area contributed by atoms with E-state index < -0.39 is 43.3 Å². The summed E-state index contributed by atoms with van der Waals surface area (Å²) in [5.74, 6) is -0.787. The average Bonchev–Trinajstić information content (AvgIpc) is 2.64. The normalized spacial score (nSPS) is 13.8. The number of rotatable bonds is 15. The van der Waals surface area contributed by atoms with Crippen molar-refractivity contribution in [2.45, 2.75) is 46.1 Å². The number of ether oxygens (including phenoxy) is 1. The molecule has 10 heteroatoms. The smallest absolute Gasteiger partial charge is 0.309 e. The Labute approximate surface area is 173 Å². The minimum absolute atomic E-state index is 0.163. The Morgan fingerprint density at radius 2 is 1.62 bits per heavy atom. The van der Waals surface area contributed by atoms with Gasteiger partial charge in [-0.05, 0) is 25.0 Å². The summed E-state index contributed by atoms with van der Waals surface area (Å²) in [5.41, 5.74) is -0.856. The lowest BCUT2D eigenvalue weighted by molar-refractivity contribution is -0.127. The number of carbonyl (C=O) groups excluding carboxylic acids is 1. The molecule has 0 saturated heterocycles. The van der Waals surface area contributed by atoms with Crippen molar-refractivity contribution in [3.63, 3.8) is 0 Å². The lowest BCUT2D eigenvalue weighted by Crippen LogP contribution is -2.38. The van der Waals surface area contributed by atoms with Crippen LogP contribution in [0.4, 0.5) is 0 Å². The Balaban J connectivity index is 2.50. The number of hydrogen-bond donors (Lipinski definition) is 0. The van der Waals surface area contributed by atoms with Crippen molar-refractivity contribution in [2.75, 3.05) is 24.7 Å². The first-order valence-electron chi connectivity index (χ1n) is 9.42. The molecule has 0 heterocycles. The van der Waals surface area contributed by atoms with E-state index in [0.29, 0.717) is 12.9 Å². The first-order valence-corrected chi connectivity index (χ1v) is 12.6. The van der Waals surface area contributed by atoms with Crippen LogP contribution in [0.5, 0.6) is 5.75 Å². The Morgan fingerprint density at radius 3 is 2.21 bits per heavy atom. The maximum Gasteiger partial charge on any atom is 0.309 e. The molecule has 1 aromatic carbocycles. The molecule has 0 aliphatic rings. The highest BCUT2D eigenvalue weighted by Crippen LogP contribution is 2.24. The topological polar surface area (TPSA) is 113 Å². The van der Waals surface area contributed by atoms with Gasteiger partial charge in [-0.15, -0.1) is 0 Å². The number of hydrogen-bond acceptors (Lipinski definition) is 8. The lowest BCUT2D eigenvalue weighted by Gasteiger charge is -2.29. The number of benzene rings is 1. The predicted molar refractivity (Wildman–Crippen MR) is 110 cm³/mol. The van der Waals surface area contributed by atoms with Crippen molar-refractivity contribution < 1.29 is 34.7 Å². The summed E-state index contributed by atoms with van der Waals surface area (Å²) >= 11 is 0. The van der Waals surface area contributed by atoms with Gasteiger partial charge in [0, 0.05) is 12.0 Å². The molecule has 1 unspecified atom stereocenters. The first-order chi connectivity index (χ1) is 13.5. The fourth-order valence-electron chi connectivity index (χ4n) is 2.26. The number of para-hydroxylation sites is 1. The number of aldehydes is 1. The third-order valence-electron chi connectivity index (χ3n) is 4.05. The van der Waals surface area contributed by atoms with E-state index >= 15 is 0 Å². The maximum atomic E-state index is 12.1. The summed E-state index contributed by atoms with van der Waals surface area (Å²) in [7, 11) is -7.89. The van der Waals surface area contributed by atoms with E-state index in [9.17, 15) is 21.6 Å². The van der Waals surface area contributed by atoms with E-state index in [0.717, 1.165) is 12.8 Å². The van der Waals surface area contributed by atoms with Crippen LogP contribution in [0, 0.1) is 5.41 Å². The third kappa shape index (κ3) is 10.2. The summed E-state index contributed by atoms with van der Waals surface area (Å²) in [6.45, 7) is 5.48. The van der Waals surface area contributed by atoms with Crippen LogP contribution in [-0.2, 0) is 34.0 Å². The van der Waals surface area contributed by atoms with Crippen LogP contribution in [0.25, 0.3) is 0 Å². The van der Waals surface area contributed by atoms with Crippen LogP contribution in [0.2, 0.25) is 0 Å². The number of unbranched alkanes of at least 4 members (excludes halogenated alkanes) is 1. The van der Waals surface area contributed by atoms with Gasteiger partial charge in [0.2, 0.25) is 0 Å². The van der Waals surface area contributed by atoms with Crippen molar-refractivity contribution >= 4 is 26.5 Å². The highest BCUT2D eigenvalue weighted by Gasteiger charge is 2.32. The summed E-state index contributed by atoms with van der Waals surface area (Å²) in [4.78, 5) is 11.3. The van der Waals surface area contributed by atoms with Gasteiger partial charge in [-0.25, -0.2) is 0 Å². The standard InChI is InChI=1S/C19H30O8S2/c1-4-5-12-25-18(15-20)19(2,3)16-26-28(21,22)13-9-14-29(23,24)27-17-10-7-6-8-11-17/h6-8,10-11,15,18H,4-5,9,12-14,16H2,1-3H3. The van der Waals surface area contributed by atoms with Crippen LogP contribution in [-0.4, -0.2) is 53.9 Å². The largest absolute Gasteiger partial charge is 0.382 e. The fraction of sp³-hybridized carbons (Fsp3) is 0.632. The SMILES string of the molecule is CCCCOC(C=O)C(C)(C)COS(=O)(=O)CCCS(=O)(=O)Oc1ccccc1. The molecule has 0 fully saturated rings. The minimum Gasteiger partial charge on any atom is -0.382 e. The second-order valence-electron chi connectivity index (χ2n) is 7.31. The van der Waals surface area contributed by atoms with Crippen molar-refractivity contribution in [2.24, 2.45) is 5.41 Å². The van der Waals surface area contributed by atoms with Gasteiger partial charge in [0.05, 0.1) is 18.1 Å². The predicted octanol–water partition coefficient (Wildman–Crippen LogP) is 2.54. The molecule has 0 radical (unpaired) electrons. The van der Waals surface area contributed by atoms with E-state index in [4.69, 9.17) is 13.1 Å². The van der Waals surface area contributed by atoms with Crippen LogP contribution in [0.3, 0.4) is 0 Å². The zero-order valence-corrected chi connectivity index (χ0v) is 18.7. The summed E-state index contributed by atoms with van der Waals surface area (Å²) in [6.07, 6.45) is 1.36. The van der Waals surface area contributed by atoms with Gasteiger partial charge in [0.15, 0.2) is 0 Å². The first kappa shape index (κ1) is 25.5. The fourth-order valence-corrected chi connectivity index (χ4v) is 4.53. The van der Waals surface area contributed by atoms with Crippen LogP contribution >= 0.6 is 0 Å². The number of carbonyl (C=O) groups is 1. The zero-order chi connectivity index (χ0) is 22.0. The summed E-state index contributed by atoms with van der Waals surface area (Å²) in [6, 6.07) is 7.96. The Hall–Kier alpha value is -1.49. The van der Waals surface area contributed by atoms with E-state index in [1.54, 1.807) is 32.0 Å². The van der Waals surface area contributed by atoms with Gasteiger partial charge in [-0.2, -0.15) is 16.8 Å². The molecule has 166 valence electrons. The molecule has 1 rings (SSSR count). The van der Waals surface area contributed by atoms with Crippen LogP contribution < -0.4 is 4.18 Å². The second kappa shape index (κ2) is 11.6. The maximum absolute atomic E-state index is 12.1. The van der Waals surface area contributed by atoms with Gasteiger partial charge in [0.25, 0.3) is 10.1 Å². The Morgan fingerprint density at radius 1 is 1.00 bits per heavy atom.